The van der Waals surface area contributed by atoms with Crippen molar-refractivity contribution in [1.29, 1.82) is 0 Å². The summed E-state index contributed by atoms with van der Waals surface area (Å²) < 4.78 is 15.2. The second-order valence-corrected chi connectivity index (χ2v) is 10.3. The summed E-state index contributed by atoms with van der Waals surface area (Å²) in [5, 5.41) is 10.8. The number of hydrogen-bond donors (Lipinski definition) is 2. The van der Waals surface area contributed by atoms with Gasteiger partial charge in [-0.05, 0) is 48.4 Å². The second kappa shape index (κ2) is 10.9. The summed E-state index contributed by atoms with van der Waals surface area (Å²) in [6.07, 6.45) is 0. The van der Waals surface area contributed by atoms with Gasteiger partial charge in [0.2, 0.25) is 5.91 Å². The maximum atomic E-state index is 13.5. The van der Waals surface area contributed by atoms with Gasteiger partial charge in [-0.25, -0.2) is 13.9 Å². The van der Waals surface area contributed by atoms with Crippen LogP contribution >= 0.6 is 11.6 Å². The number of urea groups is 1. The summed E-state index contributed by atoms with van der Waals surface area (Å²) in [7, 11) is 0. The van der Waals surface area contributed by atoms with Crippen LogP contribution < -0.4 is 10.6 Å². The van der Waals surface area contributed by atoms with E-state index in [1.807, 2.05) is 52.8 Å². The second-order valence-electron chi connectivity index (χ2n) is 9.82. The first-order valence-electron chi connectivity index (χ1n) is 11.4. The summed E-state index contributed by atoms with van der Waals surface area (Å²) in [6, 6.07) is 14.1. The zero-order valence-electron chi connectivity index (χ0n) is 20.6. The van der Waals surface area contributed by atoms with E-state index in [9.17, 15) is 14.0 Å². The van der Waals surface area contributed by atoms with Crippen molar-refractivity contribution < 1.29 is 14.0 Å². The number of halogens is 2. The van der Waals surface area contributed by atoms with Crippen LogP contribution in [0, 0.1) is 11.7 Å². The van der Waals surface area contributed by atoms with Crippen LogP contribution in [-0.4, -0.2) is 39.7 Å². The fraction of sp³-hybridized carbons (Fsp3) is 0.346. The van der Waals surface area contributed by atoms with E-state index in [1.165, 1.54) is 23.1 Å². The van der Waals surface area contributed by atoms with Gasteiger partial charge in [0.25, 0.3) is 0 Å². The Labute approximate surface area is 210 Å². The van der Waals surface area contributed by atoms with Crippen LogP contribution in [0.15, 0.2) is 54.6 Å². The molecule has 3 aromatic rings. The van der Waals surface area contributed by atoms with E-state index in [4.69, 9.17) is 16.7 Å². The van der Waals surface area contributed by atoms with Crippen molar-refractivity contribution in [3.8, 4) is 5.69 Å². The highest BCUT2D eigenvalue weighted by atomic mass is 35.5. The molecule has 3 rings (SSSR count). The Balaban J connectivity index is 1.81. The molecule has 0 saturated carbocycles. The molecule has 0 aliphatic carbocycles. The molecule has 0 bridgehead atoms. The summed E-state index contributed by atoms with van der Waals surface area (Å²) in [5.74, 6) is -0.234. The average Bonchev–Trinajstić information content (AvgIpc) is 3.17. The van der Waals surface area contributed by atoms with Crippen molar-refractivity contribution in [3.63, 3.8) is 0 Å². The number of amides is 3. The van der Waals surface area contributed by atoms with Gasteiger partial charge in [-0.2, -0.15) is 5.10 Å². The molecule has 2 aromatic carbocycles. The molecule has 0 unspecified atom stereocenters. The van der Waals surface area contributed by atoms with Crippen LogP contribution in [0.1, 0.15) is 40.3 Å². The smallest absolute Gasteiger partial charge is 0.315 e. The van der Waals surface area contributed by atoms with Gasteiger partial charge in [0.1, 0.15) is 18.2 Å². The van der Waals surface area contributed by atoms with Crippen LogP contribution in [0.5, 0.6) is 0 Å². The largest absolute Gasteiger partial charge is 0.322 e. The first-order valence-corrected chi connectivity index (χ1v) is 11.8. The topological polar surface area (TPSA) is 79.3 Å². The average molecular weight is 500 g/mol. The molecule has 0 radical (unpaired) electrons. The summed E-state index contributed by atoms with van der Waals surface area (Å²) in [4.78, 5) is 27.3. The number of nitrogens with one attached hydrogen (secondary N) is 2. The Bertz CT molecular complexity index is 1190. The van der Waals surface area contributed by atoms with Gasteiger partial charge in [-0.1, -0.05) is 52.3 Å². The third-order valence-corrected chi connectivity index (χ3v) is 5.35. The highest BCUT2D eigenvalue weighted by Gasteiger charge is 2.23. The molecule has 0 aliphatic rings. The van der Waals surface area contributed by atoms with E-state index in [-0.39, 0.29) is 23.8 Å². The number of carbonyl (C=O) groups excluding carboxylic acids is 2. The van der Waals surface area contributed by atoms with Gasteiger partial charge in [0.15, 0.2) is 0 Å². The van der Waals surface area contributed by atoms with Crippen LogP contribution in [0.3, 0.4) is 0 Å². The lowest BCUT2D eigenvalue weighted by Crippen LogP contribution is -2.42. The van der Waals surface area contributed by atoms with Crippen molar-refractivity contribution >= 4 is 35.0 Å². The Hall–Kier alpha value is -3.39. The lowest BCUT2D eigenvalue weighted by atomic mass is 9.92. The van der Waals surface area contributed by atoms with Gasteiger partial charge in [0.05, 0.1) is 11.4 Å². The number of benzene rings is 2. The number of carbonyl (C=O) groups is 2. The van der Waals surface area contributed by atoms with Gasteiger partial charge in [-0.3, -0.25) is 4.79 Å². The van der Waals surface area contributed by atoms with Gasteiger partial charge in [0, 0.05) is 28.7 Å². The Kier molecular flexibility index (Phi) is 8.17. The zero-order valence-corrected chi connectivity index (χ0v) is 21.4. The Morgan fingerprint density at radius 3 is 2.37 bits per heavy atom. The summed E-state index contributed by atoms with van der Waals surface area (Å²) in [6.45, 7) is 10.2. The zero-order chi connectivity index (χ0) is 25.8. The third-order valence-electron chi connectivity index (χ3n) is 5.10. The van der Waals surface area contributed by atoms with Gasteiger partial charge < -0.3 is 15.5 Å². The molecule has 0 atom stereocenters. The standard InChI is InChI=1S/C26H31ClFN5O2/c1-17(2)15-32(25(35)29-20-8-6-7-19(28)13-20)16-24(34)30-23-14-22(26(3,4)5)31-33(23)21-11-9-18(27)10-12-21/h6-14,17H,15-16H2,1-5H3,(H,29,35)(H,30,34). The SMILES string of the molecule is CC(C)CN(CC(=O)Nc1cc(C(C)(C)C)nn1-c1ccc(Cl)cc1)C(=O)Nc1cccc(F)c1. The van der Waals surface area contributed by atoms with E-state index in [1.54, 1.807) is 22.9 Å². The lowest BCUT2D eigenvalue weighted by Gasteiger charge is -2.24. The highest BCUT2D eigenvalue weighted by molar-refractivity contribution is 6.30. The molecule has 186 valence electrons. The molecule has 1 heterocycles. The van der Waals surface area contributed by atoms with Crippen LogP contribution in [0.25, 0.3) is 5.69 Å². The molecule has 1 aromatic heterocycles. The van der Waals surface area contributed by atoms with E-state index in [0.29, 0.717) is 23.1 Å². The predicted molar refractivity (Wildman–Crippen MR) is 138 cm³/mol. The molecule has 0 saturated heterocycles. The molecular weight excluding hydrogens is 469 g/mol. The molecule has 0 spiro atoms. The minimum absolute atomic E-state index is 0.119. The van der Waals surface area contributed by atoms with E-state index in [0.717, 1.165) is 11.4 Å². The number of hydrogen-bond acceptors (Lipinski definition) is 3. The van der Waals surface area contributed by atoms with Crippen molar-refractivity contribution in [2.45, 2.75) is 40.0 Å². The first kappa shape index (κ1) is 26.2. The number of rotatable bonds is 7. The predicted octanol–water partition coefficient (Wildman–Crippen LogP) is 6.09. The van der Waals surface area contributed by atoms with Crippen LogP contribution in [-0.2, 0) is 10.2 Å². The van der Waals surface area contributed by atoms with Gasteiger partial charge in [-0.15, -0.1) is 0 Å². The minimum atomic E-state index is -0.485. The molecule has 0 aliphatic heterocycles. The van der Waals surface area contributed by atoms with Crippen molar-refractivity contribution in [3.05, 3.63) is 71.1 Å². The number of anilines is 2. The molecule has 35 heavy (non-hydrogen) atoms. The highest BCUT2D eigenvalue weighted by Crippen LogP contribution is 2.27. The van der Waals surface area contributed by atoms with E-state index in [2.05, 4.69) is 10.6 Å². The quantitative estimate of drug-likeness (QED) is 0.412. The van der Waals surface area contributed by atoms with Crippen molar-refractivity contribution in [2.24, 2.45) is 5.92 Å². The third kappa shape index (κ3) is 7.29. The molecule has 2 N–H and O–H groups in total. The minimum Gasteiger partial charge on any atom is -0.315 e. The maximum absolute atomic E-state index is 13.5. The molecule has 9 heteroatoms. The molecule has 3 amide bonds. The van der Waals surface area contributed by atoms with Crippen LogP contribution in [0.2, 0.25) is 5.02 Å². The maximum Gasteiger partial charge on any atom is 0.322 e. The van der Waals surface area contributed by atoms with Crippen molar-refractivity contribution in [1.82, 2.24) is 14.7 Å². The normalized spacial score (nSPS) is 11.4. The monoisotopic (exact) mass is 499 g/mol. The molecule has 0 fully saturated rings. The first-order chi connectivity index (χ1) is 16.4. The molecular formula is C26H31ClFN5O2. The number of aromatic nitrogens is 2. The lowest BCUT2D eigenvalue weighted by molar-refractivity contribution is -0.116. The van der Waals surface area contributed by atoms with Crippen LogP contribution in [0.4, 0.5) is 20.7 Å². The Morgan fingerprint density at radius 1 is 1.09 bits per heavy atom. The van der Waals surface area contributed by atoms with E-state index >= 15 is 0 Å². The summed E-state index contributed by atoms with van der Waals surface area (Å²) in [5.41, 5.74) is 1.61. The fourth-order valence-corrected chi connectivity index (χ4v) is 3.53. The van der Waals surface area contributed by atoms with E-state index < -0.39 is 11.8 Å². The molecule has 7 nitrogen and oxygen atoms in total. The summed E-state index contributed by atoms with van der Waals surface area (Å²) >= 11 is 6.03. The Morgan fingerprint density at radius 2 is 1.77 bits per heavy atom. The fourth-order valence-electron chi connectivity index (χ4n) is 3.40. The van der Waals surface area contributed by atoms with Gasteiger partial charge >= 0.3 is 6.03 Å². The number of nitrogens with zero attached hydrogens (tertiary/aromatic N) is 3. The van der Waals surface area contributed by atoms with Crippen molar-refractivity contribution in [2.75, 3.05) is 23.7 Å².